The first kappa shape index (κ1) is 9.79. The average Bonchev–Trinajstić information content (AvgIpc) is 1.93. The molecule has 0 radical (unpaired) electrons. The van der Waals surface area contributed by atoms with Crippen molar-refractivity contribution in [3.05, 3.63) is 27.9 Å². The fourth-order valence-corrected chi connectivity index (χ4v) is 2.73. The molecule has 0 fully saturated rings. The summed E-state index contributed by atoms with van der Waals surface area (Å²) in [6.07, 6.45) is 0. The molecule has 1 aromatic carbocycles. The van der Waals surface area contributed by atoms with Gasteiger partial charge in [-0.05, 0) is 79.9 Å². The Morgan fingerprint density at radius 3 is 2.10 bits per heavy atom. The molecular formula is C6H2ClI3. The molecule has 0 spiro atoms. The summed E-state index contributed by atoms with van der Waals surface area (Å²) in [5, 5.41) is 0.838. The topological polar surface area (TPSA) is 0 Å². The standard InChI is InChI=1S/C6H2ClI3/c7-3-1-2-4(8)6(10)5(3)9/h1-2H. The number of hydrogen-bond donors (Lipinski definition) is 0. The van der Waals surface area contributed by atoms with Gasteiger partial charge in [-0.25, -0.2) is 0 Å². The Hall–Kier alpha value is 1.70. The molecule has 0 amide bonds. The minimum absolute atomic E-state index is 0.838. The summed E-state index contributed by atoms with van der Waals surface area (Å²) >= 11 is 12.7. The first-order valence-electron chi connectivity index (χ1n) is 2.42. The second kappa shape index (κ2) is 4.08. The van der Waals surface area contributed by atoms with E-state index >= 15 is 0 Å². The van der Waals surface area contributed by atoms with Gasteiger partial charge in [0.1, 0.15) is 0 Å². The molecule has 0 N–H and O–H groups in total. The summed E-state index contributed by atoms with van der Waals surface area (Å²) in [5.41, 5.74) is 0. The van der Waals surface area contributed by atoms with Gasteiger partial charge in [0.15, 0.2) is 0 Å². The predicted octanol–water partition coefficient (Wildman–Crippen LogP) is 4.15. The van der Waals surface area contributed by atoms with Crippen molar-refractivity contribution < 1.29 is 0 Å². The van der Waals surface area contributed by atoms with Crippen LogP contribution in [0.1, 0.15) is 0 Å². The molecule has 0 aromatic heterocycles. The summed E-state index contributed by atoms with van der Waals surface area (Å²) < 4.78 is 3.64. The molecule has 1 rings (SSSR count). The van der Waals surface area contributed by atoms with Gasteiger partial charge in [0.05, 0.1) is 5.02 Å². The van der Waals surface area contributed by atoms with E-state index in [-0.39, 0.29) is 0 Å². The summed E-state index contributed by atoms with van der Waals surface area (Å²) in [7, 11) is 0. The van der Waals surface area contributed by atoms with Crippen LogP contribution in [-0.2, 0) is 0 Å². The van der Waals surface area contributed by atoms with E-state index in [0.29, 0.717) is 0 Å². The molecule has 0 aliphatic carbocycles. The van der Waals surface area contributed by atoms with Crippen molar-refractivity contribution in [2.24, 2.45) is 0 Å². The SMILES string of the molecule is Clc1ccc(I)c(I)c1I. The first-order chi connectivity index (χ1) is 4.63. The van der Waals surface area contributed by atoms with Crippen LogP contribution < -0.4 is 0 Å². The third-order valence-corrected chi connectivity index (χ3v) is 6.83. The Bertz CT molecular complexity index is 232. The predicted molar refractivity (Wildman–Crippen MR) is 69.6 cm³/mol. The van der Waals surface area contributed by atoms with Gasteiger partial charge in [0, 0.05) is 10.7 Å². The van der Waals surface area contributed by atoms with Crippen LogP contribution in [0.3, 0.4) is 0 Å². The maximum absolute atomic E-state index is 5.87. The highest BCUT2D eigenvalue weighted by molar-refractivity contribution is 14.1. The molecule has 0 heterocycles. The van der Waals surface area contributed by atoms with Crippen LogP contribution in [-0.4, -0.2) is 0 Å². The lowest BCUT2D eigenvalue weighted by molar-refractivity contribution is 1.52. The molecule has 0 saturated carbocycles. The van der Waals surface area contributed by atoms with Crippen LogP contribution in [0, 0.1) is 10.7 Å². The van der Waals surface area contributed by atoms with E-state index < -0.39 is 0 Å². The molecule has 0 aliphatic rings. The molecule has 54 valence electrons. The van der Waals surface area contributed by atoms with Crippen molar-refractivity contribution in [2.75, 3.05) is 0 Å². The normalized spacial score (nSPS) is 10.0. The van der Waals surface area contributed by atoms with Crippen LogP contribution in [0.15, 0.2) is 12.1 Å². The van der Waals surface area contributed by atoms with Crippen molar-refractivity contribution in [3.63, 3.8) is 0 Å². The van der Waals surface area contributed by atoms with Crippen LogP contribution in [0.4, 0.5) is 0 Å². The fourth-order valence-electron chi connectivity index (χ4n) is 0.502. The monoisotopic (exact) mass is 490 g/mol. The lowest BCUT2D eigenvalue weighted by Crippen LogP contribution is -1.84. The zero-order chi connectivity index (χ0) is 7.72. The van der Waals surface area contributed by atoms with Gasteiger partial charge in [-0.2, -0.15) is 0 Å². The van der Waals surface area contributed by atoms with Crippen molar-refractivity contribution in [3.8, 4) is 0 Å². The van der Waals surface area contributed by atoms with Gasteiger partial charge in [-0.1, -0.05) is 11.6 Å². The molecular weight excluding hydrogens is 488 g/mol. The van der Waals surface area contributed by atoms with Gasteiger partial charge < -0.3 is 0 Å². The molecule has 0 unspecified atom stereocenters. The van der Waals surface area contributed by atoms with Gasteiger partial charge in [-0.3, -0.25) is 0 Å². The Kier molecular flexibility index (Phi) is 4.00. The third-order valence-electron chi connectivity index (χ3n) is 0.988. The number of hydrogen-bond acceptors (Lipinski definition) is 0. The summed E-state index contributed by atoms with van der Waals surface area (Å²) in [6, 6.07) is 3.94. The van der Waals surface area contributed by atoms with Crippen molar-refractivity contribution in [2.45, 2.75) is 0 Å². The molecule has 1 aromatic rings. The number of rotatable bonds is 0. The van der Waals surface area contributed by atoms with Gasteiger partial charge in [0.2, 0.25) is 0 Å². The lowest BCUT2D eigenvalue weighted by atomic mass is 10.4. The van der Waals surface area contributed by atoms with E-state index in [1.165, 1.54) is 7.14 Å². The quantitative estimate of drug-likeness (QED) is 0.291. The summed E-state index contributed by atoms with van der Waals surface area (Å²) in [6.45, 7) is 0. The van der Waals surface area contributed by atoms with E-state index in [1.807, 2.05) is 12.1 Å². The van der Waals surface area contributed by atoms with Crippen molar-refractivity contribution in [1.29, 1.82) is 0 Å². The van der Waals surface area contributed by atoms with Crippen molar-refractivity contribution >= 4 is 79.4 Å². The lowest BCUT2D eigenvalue weighted by Gasteiger charge is -2.00. The smallest absolute Gasteiger partial charge is 0.0550 e. The molecule has 10 heavy (non-hydrogen) atoms. The van der Waals surface area contributed by atoms with Gasteiger partial charge in [0.25, 0.3) is 0 Å². The highest BCUT2D eigenvalue weighted by Crippen LogP contribution is 2.27. The fraction of sp³-hybridized carbons (Fsp3) is 0. The van der Waals surface area contributed by atoms with E-state index in [1.54, 1.807) is 0 Å². The average molecular weight is 490 g/mol. The highest BCUT2D eigenvalue weighted by Gasteiger charge is 2.03. The van der Waals surface area contributed by atoms with Gasteiger partial charge >= 0.3 is 0 Å². The van der Waals surface area contributed by atoms with Gasteiger partial charge in [-0.15, -0.1) is 0 Å². The summed E-state index contributed by atoms with van der Waals surface area (Å²) in [4.78, 5) is 0. The van der Waals surface area contributed by atoms with Crippen LogP contribution in [0.2, 0.25) is 5.02 Å². The largest absolute Gasteiger partial charge is 0.0831 e. The maximum atomic E-state index is 5.87. The molecule has 0 aliphatic heterocycles. The van der Waals surface area contributed by atoms with E-state index in [0.717, 1.165) is 8.59 Å². The van der Waals surface area contributed by atoms with Crippen LogP contribution in [0.25, 0.3) is 0 Å². The van der Waals surface area contributed by atoms with Crippen LogP contribution >= 0.6 is 79.4 Å². The summed E-state index contributed by atoms with van der Waals surface area (Å²) in [5.74, 6) is 0. The molecule has 0 nitrogen and oxygen atoms in total. The van der Waals surface area contributed by atoms with Crippen LogP contribution in [0.5, 0.6) is 0 Å². The van der Waals surface area contributed by atoms with Crippen molar-refractivity contribution in [1.82, 2.24) is 0 Å². The molecule has 0 atom stereocenters. The third kappa shape index (κ3) is 2.10. The zero-order valence-electron chi connectivity index (χ0n) is 4.67. The van der Waals surface area contributed by atoms with E-state index in [4.69, 9.17) is 11.6 Å². The minimum atomic E-state index is 0.838. The molecule has 0 bridgehead atoms. The first-order valence-corrected chi connectivity index (χ1v) is 6.03. The minimum Gasteiger partial charge on any atom is -0.0831 e. The number of benzene rings is 1. The zero-order valence-corrected chi connectivity index (χ0v) is 11.9. The second-order valence-corrected chi connectivity index (χ2v) is 5.38. The Morgan fingerprint density at radius 1 is 1.00 bits per heavy atom. The number of halogens is 4. The molecule has 4 heteroatoms. The maximum Gasteiger partial charge on any atom is 0.0550 e. The van der Waals surface area contributed by atoms with E-state index in [2.05, 4.69) is 67.8 Å². The Labute approximate surface area is 106 Å². The Balaban J connectivity index is 3.34. The molecule has 0 saturated heterocycles. The highest BCUT2D eigenvalue weighted by atomic mass is 127. The second-order valence-electron chi connectivity index (χ2n) is 1.66. The Morgan fingerprint density at radius 2 is 1.60 bits per heavy atom. The van der Waals surface area contributed by atoms with E-state index in [9.17, 15) is 0 Å².